The molecule has 0 aliphatic carbocycles. The molecule has 1 unspecified atom stereocenters. The summed E-state index contributed by atoms with van der Waals surface area (Å²) >= 11 is 0. The van der Waals surface area contributed by atoms with E-state index in [9.17, 15) is 9.59 Å². The van der Waals surface area contributed by atoms with Gasteiger partial charge in [0.25, 0.3) is 5.91 Å². The number of hydrogen-bond donors (Lipinski definition) is 1. The fourth-order valence-corrected chi connectivity index (χ4v) is 4.91. The largest absolute Gasteiger partial charge is 0.486 e. The first-order valence-corrected chi connectivity index (χ1v) is 11.4. The monoisotopic (exact) mass is 447 g/mol. The Labute approximate surface area is 194 Å². The van der Waals surface area contributed by atoms with Crippen molar-refractivity contribution >= 4 is 11.8 Å². The van der Waals surface area contributed by atoms with Crippen molar-refractivity contribution in [2.75, 3.05) is 33.4 Å². The smallest absolute Gasteiger partial charge is 0.254 e. The molecule has 7 heteroatoms. The number of rotatable bonds is 3. The maximum absolute atomic E-state index is 13.6. The van der Waals surface area contributed by atoms with Gasteiger partial charge in [0.05, 0.1) is 23.6 Å². The molecule has 2 aromatic carbocycles. The Morgan fingerprint density at radius 2 is 1.82 bits per heavy atom. The van der Waals surface area contributed by atoms with Gasteiger partial charge in [-0.3, -0.25) is 9.59 Å². The molecule has 3 aliphatic rings. The molecule has 0 spiro atoms. The molecule has 0 bridgehead atoms. The van der Waals surface area contributed by atoms with Crippen molar-refractivity contribution in [3.05, 3.63) is 70.9 Å². The van der Waals surface area contributed by atoms with Crippen molar-refractivity contribution in [2.24, 2.45) is 0 Å². The van der Waals surface area contributed by atoms with Crippen LogP contribution in [0.3, 0.4) is 0 Å². The average Bonchev–Trinajstić information content (AvgIpc) is 2.97. The molecule has 3 aliphatic heterocycles. The number of nitrogens with one attached hydrogen (secondary N) is 1. The van der Waals surface area contributed by atoms with Crippen LogP contribution in [-0.4, -0.2) is 60.5 Å². The van der Waals surface area contributed by atoms with Gasteiger partial charge in [0.1, 0.15) is 13.2 Å². The Bertz CT molecular complexity index is 1130. The van der Waals surface area contributed by atoms with E-state index in [2.05, 4.69) is 5.32 Å². The number of benzene rings is 2. The van der Waals surface area contributed by atoms with Crippen LogP contribution in [0.1, 0.15) is 31.0 Å². The van der Waals surface area contributed by atoms with Crippen LogP contribution in [-0.2, 0) is 16.0 Å². The number of carbonyl (C=O) groups excluding carboxylic acids is 2. The number of carbonyl (C=O) groups is 2. The Kier molecular flexibility index (Phi) is 5.27. The summed E-state index contributed by atoms with van der Waals surface area (Å²) in [4.78, 5) is 30.8. The van der Waals surface area contributed by atoms with Gasteiger partial charge in [-0.05, 0) is 37.1 Å². The van der Waals surface area contributed by atoms with Crippen molar-refractivity contribution in [3.63, 3.8) is 0 Å². The number of likely N-dealkylation sites (N-methyl/N-ethyl adjacent to an activating group) is 1. The first-order chi connectivity index (χ1) is 15.9. The van der Waals surface area contributed by atoms with Crippen molar-refractivity contribution in [1.29, 1.82) is 0 Å². The molecular formula is C26H29N3O4. The highest BCUT2D eigenvalue weighted by Gasteiger charge is 2.49. The lowest BCUT2D eigenvalue weighted by molar-refractivity contribution is -0.133. The summed E-state index contributed by atoms with van der Waals surface area (Å²) in [5.41, 5.74) is 2.81. The zero-order valence-electron chi connectivity index (χ0n) is 19.3. The van der Waals surface area contributed by atoms with E-state index in [1.54, 1.807) is 4.90 Å². The first-order valence-electron chi connectivity index (χ1n) is 11.4. The molecule has 2 aromatic rings. The van der Waals surface area contributed by atoms with Crippen LogP contribution in [0.25, 0.3) is 0 Å². The van der Waals surface area contributed by atoms with E-state index in [-0.39, 0.29) is 18.2 Å². The van der Waals surface area contributed by atoms with Crippen LogP contribution < -0.4 is 14.8 Å². The fraction of sp³-hybridized carbons (Fsp3) is 0.385. The van der Waals surface area contributed by atoms with Crippen LogP contribution >= 0.6 is 0 Å². The number of hydrogen-bond acceptors (Lipinski definition) is 5. The summed E-state index contributed by atoms with van der Waals surface area (Å²) < 4.78 is 11.5. The van der Waals surface area contributed by atoms with Crippen molar-refractivity contribution in [1.82, 2.24) is 15.1 Å². The highest BCUT2D eigenvalue weighted by atomic mass is 16.6. The maximum Gasteiger partial charge on any atom is 0.254 e. The average molecular weight is 448 g/mol. The second kappa shape index (κ2) is 8.14. The SMILES string of the molecule is CN1C(=O)C2=C(NCCN(C(=O)Cc3ccccc3)C2c2ccc3c(c2)OCCO3)C1(C)C. The zero-order valence-corrected chi connectivity index (χ0v) is 19.3. The van der Waals surface area contributed by atoms with E-state index >= 15 is 0 Å². The Morgan fingerprint density at radius 1 is 1.09 bits per heavy atom. The van der Waals surface area contributed by atoms with Crippen molar-refractivity contribution in [3.8, 4) is 11.5 Å². The Hall–Kier alpha value is -3.48. The Morgan fingerprint density at radius 3 is 2.58 bits per heavy atom. The third kappa shape index (κ3) is 3.61. The first kappa shape index (κ1) is 21.4. The number of amides is 2. The molecule has 2 amide bonds. The lowest BCUT2D eigenvalue weighted by Crippen LogP contribution is -2.46. The minimum Gasteiger partial charge on any atom is -0.486 e. The highest BCUT2D eigenvalue weighted by Crippen LogP contribution is 2.44. The number of fused-ring (bicyclic) bond motifs is 1. The minimum atomic E-state index is -0.515. The van der Waals surface area contributed by atoms with Crippen LogP contribution in [0, 0.1) is 0 Å². The van der Waals surface area contributed by atoms with Gasteiger partial charge in [-0.25, -0.2) is 0 Å². The molecule has 0 saturated heterocycles. The second-order valence-electron chi connectivity index (χ2n) is 9.19. The molecule has 33 heavy (non-hydrogen) atoms. The summed E-state index contributed by atoms with van der Waals surface area (Å²) in [6.45, 7) is 6.11. The summed E-state index contributed by atoms with van der Waals surface area (Å²) in [6.07, 6.45) is 0.276. The summed E-state index contributed by atoms with van der Waals surface area (Å²) in [6, 6.07) is 14.9. The van der Waals surface area contributed by atoms with Crippen molar-refractivity contribution in [2.45, 2.75) is 31.8 Å². The fourth-order valence-electron chi connectivity index (χ4n) is 4.91. The molecule has 172 valence electrons. The number of nitrogens with zero attached hydrogens (tertiary/aromatic N) is 2. The summed E-state index contributed by atoms with van der Waals surface area (Å²) in [7, 11) is 1.82. The van der Waals surface area contributed by atoms with Gasteiger partial charge >= 0.3 is 0 Å². The van der Waals surface area contributed by atoms with E-state index in [4.69, 9.17) is 9.47 Å². The lowest BCUT2D eigenvalue weighted by Gasteiger charge is -2.33. The Balaban J connectivity index is 1.61. The van der Waals surface area contributed by atoms with Gasteiger partial charge in [0.2, 0.25) is 5.91 Å². The van der Waals surface area contributed by atoms with Gasteiger partial charge in [-0.2, -0.15) is 0 Å². The molecule has 0 fully saturated rings. The van der Waals surface area contributed by atoms with E-state index in [1.165, 1.54) is 0 Å². The van der Waals surface area contributed by atoms with E-state index < -0.39 is 11.6 Å². The molecule has 1 atom stereocenters. The summed E-state index contributed by atoms with van der Waals surface area (Å²) in [5.74, 6) is 1.24. The normalized spacial score (nSPS) is 21.4. The number of ether oxygens (including phenoxy) is 2. The van der Waals surface area contributed by atoms with Crippen LogP contribution in [0.2, 0.25) is 0 Å². The van der Waals surface area contributed by atoms with Crippen LogP contribution in [0.5, 0.6) is 11.5 Å². The standard InChI is InChI=1S/C26H29N3O4/c1-26(2)24-22(25(31)28(26)3)23(18-9-10-19-20(16-18)33-14-13-32-19)29(12-11-27-24)21(30)15-17-7-5-4-6-8-17/h4-10,16,23,27H,11-15H2,1-3H3. The van der Waals surface area contributed by atoms with Gasteiger partial charge in [-0.15, -0.1) is 0 Å². The van der Waals surface area contributed by atoms with Crippen molar-refractivity contribution < 1.29 is 19.1 Å². The molecule has 0 aromatic heterocycles. The zero-order chi connectivity index (χ0) is 23.2. The topological polar surface area (TPSA) is 71.1 Å². The molecule has 0 saturated carbocycles. The quantitative estimate of drug-likeness (QED) is 0.784. The molecule has 0 radical (unpaired) electrons. The van der Waals surface area contributed by atoms with E-state index in [0.29, 0.717) is 43.4 Å². The van der Waals surface area contributed by atoms with Gasteiger partial charge in [0, 0.05) is 25.8 Å². The maximum atomic E-state index is 13.6. The predicted octanol–water partition coefficient (Wildman–Crippen LogP) is 2.68. The third-order valence-electron chi connectivity index (χ3n) is 6.89. The molecular weight excluding hydrogens is 418 g/mol. The van der Waals surface area contributed by atoms with Gasteiger partial charge < -0.3 is 24.6 Å². The molecule has 7 nitrogen and oxygen atoms in total. The van der Waals surface area contributed by atoms with Gasteiger partial charge in [0.15, 0.2) is 11.5 Å². The van der Waals surface area contributed by atoms with Gasteiger partial charge in [-0.1, -0.05) is 36.4 Å². The third-order valence-corrected chi connectivity index (χ3v) is 6.89. The molecule has 5 rings (SSSR count). The predicted molar refractivity (Wildman–Crippen MR) is 124 cm³/mol. The molecule has 1 N–H and O–H groups in total. The van der Waals surface area contributed by atoms with E-state index in [0.717, 1.165) is 16.8 Å². The highest BCUT2D eigenvalue weighted by molar-refractivity contribution is 6.00. The minimum absolute atomic E-state index is 0.0169. The summed E-state index contributed by atoms with van der Waals surface area (Å²) in [5, 5.41) is 3.47. The lowest BCUT2D eigenvalue weighted by atomic mass is 9.92. The van der Waals surface area contributed by atoms with E-state index in [1.807, 2.05) is 74.3 Å². The van der Waals surface area contributed by atoms with Crippen LogP contribution in [0.4, 0.5) is 0 Å². The van der Waals surface area contributed by atoms with Crippen LogP contribution in [0.15, 0.2) is 59.8 Å². The molecule has 3 heterocycles. The second-order valence-corrected chi connectivity index (χ2v) is 9.19.